The van der Waals surface area contributed by atoms with Gasteiger partial charge in [0, 0.05) is 6.54 Å². The molecule has 0 unspecified atom stereocenters. The van der Waals surface area contributed by atoms with Crippen LogP contribution in [-0.4, -0.2) is 12.5 Å². The molecule has 3 heteroatoms. The van der Waals surface area contributed by atoms with E-state index in [0.29, 0.717) is 11.3 Å². The molecule has 0 atom stereocenters. The first kappa shape index (κ1) is 14.4. The Morgan fingerprint density at radius 2 is 1.84 bits per heavy atom. The van der Waals surface area contributed by atoms with Crippen LogP contribution in [0.4, 0.5) is 0 Å². The van der Waals surface area contributed by atoms with Crippen molar-refractivity contribution in [3.63, 3.8) is 0 Å². The van der Waals surface area contributed by atoms with Gasteiger partial charge in [0.15, 0.2) is 0 Å². The molecule has 0 aromatic rings. The Hall–Kier alpha value is -1.04. The van der Waals surface area contributed by atoms with Crippen LogP contribution in [0, 0.1) is 28.1 Å². The molecule has 0 heterocycles. The zero-order valence-electron chi connectivity index (χ0n) is 12.3. The molecule has 2 aliphatic rings. The van der Waals surface area contributed by atoms with Crippen molar-refractivity contribution in [1.82, 2.24) is 5.32 Å². The maximum Gasteiger partial charge on any atom is 0.240 e. The van der Waals surface area contributed by atoms with Gasteiger partial charge in [0.2, 0.25) is 5.91 Å². The molecule has 0 spiro atoms. The van der Waals surface area contributed by atoms with Gasteiger partial charge in [-0.3, -0.25) is 4.79 Å². The summed E-state index contributed by atoms with van der Waals surface area (Å²) in [5.41, 5.74) is -0.401. The van der Waals surface area contributed by atoms with Crippen LogP contribution in [0.15, 0.2) is 0 Å². The quantitative estimate of drug-likeness (QED) is 0.825. The van der Waals surface area contributed by atoms with Crippen molar-refractivity contribution < 1.29 is 4.79 Å². The molecule has 0 aromatic heterocycles. The van der Waals surface area contributed by atoms with Crippen molar-refractivity contribution in [2.24, 2.45) is 16.7 Å². The Morgan fingerprint density at radius 3 is 2.26 bits per heavy atom. The summed E-state index contributed by atoms with van der Waals surface area (Å²) < 4.78 is 0. The predicted octanol–water partition coefficient (Wildman–Crippen LogP) is 3.40. The summed E-state index contributed by atoms with van der Waals surface area (Å²) in [5, 5.41) is 12.3. The summed E-state index contributed by atoms with van der Waals surface area (Å²) in [4.78, 5) is 12.2. The van der Waals surface area contributed by atoms with Crippen LogP contribution < -0.4 is 5.32 Å². The molecule has 106 valence electrons. The van der Waals surface area contributed by atoms with Gasteiger partial charge in [-0.05, 0) is 49.9 Å². The van der Waals surface area contributed by atoms with Crippen LogP contribution in [0.25, 0.3) is 0 Å². The zero-order chi connectivity index (χ0) is 13.9. The number of nitrogens with zero attached hydrogens (tertiary/aromatic N) is 1. The van der Waals surface area contributed by atoms with Crippen molar-refractivity contribution >= 4 is 5.91 Å². The van der Waals surface area contributed by atoms with E-state index in [-0.39, 0.29) is 5.91 Å². The van der Waals surface area contributed by atoms with Crippen LogP contribution in [-0.2, 0) is 4.79 Å². The topological polar surface area (TPSA) is 52.9 Å². The van der Waals surface area contributed by atoms with E-state index in [1.54, 1.807) is 0 Å². The lowest BCUT2D eigenvalue weighted by atomic mass is 9.69. The lowest BCUT2D eigenvalue weighted by Crippen LogP contribution is -2.47. The van der Waals surface area contributed by atoms with E-state index in [9.17, 15) is 10.1 Å². The second-order valence-electron chi connectivity index (χ2n) is 7.04. The minimum Gasteiger partial charge on any atom is -0.354 e. The van der Waals surface area contributed by atoms with Gasteiger partial charge in [0.1, 0.15) is 5.41 Å². The molecule has 0 saturated heterocycles. The van der Waals surface area contributed by atoms with Gasteiger partial charge in [0.05, 0.1) is 6.07 Å². The fraction of sp³-hybridized carbons (Fsp3) is 0.875. The molecule has 2 fully saturated rings. The van der Waals surface area contributed by atoms with Crippen LogP contribution in [0.3, 0.4) is 0 Å². The number of amides is 1. The lowest BCUT2D eigenvalue weighted by Gasteiger charge is -2.36. The second-order valence-corrected chi connectivity index (χ2v) is 7.04. The van der Waals surface area contributed by atoms with Crippen molar-refractivity contribution in [2.45, 2.75) is 65.2 Å². The predicted molar refractivity (Wildman–Crippen MR) is 75.3 cm³/mol. The molecule has 2 aliphatic carbocycles. The number of hydrogen-bond donors (Lipinski definition) is 1. The number of carbonyl (C=O) groups is 1. The Labute approximate surface area is 116 Å². The Bertz CT molecular complexity index is 371. The first-order valence-electron chi connectivity index (χ1n) is 7.72. The molecular weight excluding hydrogens is 236 g/mol. The third-order valence-corrected chi connectivity index (χ3v) is 4.99. The normalized spacial score (nSPS) is 23.7. The van der Waals surface area contributed by atoms with Crippen molar-refractivity contribution in [3.05, 3.63) is 0 Å². The average Bonchev–Trinajstić information content (AvgIpc) is 2.74. The number of carbonyl (C=O) groups excluding carboxylic acids is 1. The standard InChI is InChI=1S/C16H26N2O/c1-13(2)10-15(6-3-4-7-15)12-18-14(19)16(11-17)8-5-9-16/h13H,3-10,12H2,1-2H3,(H,18,19). The Kier molecular flexibility index (Phi) is 4.18. The van der Waals surface area contributed by atoms with E-state index in [4.69, 9.17) is 0 Å². The maximum atomic E-state index is 12.2. The van der Waals surface area contributed by atoms with Gasteiger partial charge < -0.3 is 5.32 Å². The van der Waals surface area contributed by atoms with Crippen molar-refractivity contribution in [3.8, 4) is 6.07 Å². The smallest absolute Gasteiger partial charge is 0.240 e. The molecule has 0 bridgehead atoms. The highest BCUT2D eigenvalue weighted by Gasteiger charge is 2.45. The molecule has 1 amide bonds. The van der Waals surface area contributed by atoms with Gasteiger partial charge in [-0.25, -0.2) is 0 Å². The maximum absolute atomic E-state index is 12.2. The molecule has 0 aliphatic heterocycles. The van der Waals surface area contributed by atoms with Gasteiger partial charge in [-0.2, -0.15) is 5.26 Å². The van der Waals surface area contributed by atoms with Crippen LogP contribution in [0.5, 0.6) is 0 Å². The van der Waals surface area contributed by atoms with E-state index < -0.39 is 5.41 Å². The zero-order valence-corrected chi connectivity index (χ0v) is 12.3. The highest BCUT2D eigenvalue weighted by Crippen LogP contribution is 2.44. The summed E-state index contributed by atoms with van der Waals surface area (Å²) in [5.74, 6) is 0.653. The number of nitrogens with one attached hydrogen (secondary N) is 1. The SMILES string of the molecule is CC(C)CC1(CNC(=O)C2(C#N)CCC2)CCCC1. The highest BCUT2D eigenvalue weighted by molar-refractivity contribution is 5.86. The minimum atomic E-state index is -0.697. The van der Waals surface area contributed by atoms with Gasteiger partial charge in [-0.15, -0.1) is 0 Å². The number of hydrogen-bond acceptors (Lipinski definition) is 2. The second kappa shape index (κ2) is 5.53. The van der Waals surface area contributed by atoms with E-state index in [1.807, 2.05) is 0 Å². The summed E-state index contributed by atoms with van der Waals surface area (Å²) in [6.07, 6.45) is 8.71. The first-order chi connectivity index (χ1) is 9.02. The fourth-order valence-corrected chi connectivity index (χ4v) is 3.80. The van der Waals surface area contributed by atoms with E-state index in [0.717, 1.165) is 25.8 Å². The molecule has 1 N–H and O–H groups in total. The summed E-state index contributed by atoms with van der Waals surface area (Å²) in [7, 11) is 0. The van der Waals surface area contributed by atoms with Crippen molar-refractivity contribution in [2.75, 3.05) is 6.54 Å². The summed E-state index contributed by atoms with van der Waals surface area (Å²) in [6.45, 7) is 5.28. The van der Waals surface area contributed by atoms with Gasteiger partial charge >= 0.3 is 0 Å². The molecule has 3 nitrogen and oxygen atoms in total. The van der Waals surface area contributed by atoms with Crippen molar-refractivity contribution in [1.29, 1.82) is 5.26 Å². The third kappa shape index (κ3) is 2.94. The Balaban J connectivity index is 1.92. The molecule has 19 heavy (non-hydrogen) atoms. The Morgan fingerprint density at radius 1 is 1.21 bits per heavy atom. The molecule has 2 rings (SSSR count). The lowest BCUT2D eigenvalue weighted by molar-refractivity contribution is -0.132. The van der Waals surface area contributed by atoms with Gasteiger partial charge in [-0.1, -0.05) is 26.7 Å². The minimum absolute atomic E-state index is 0.0173. The molecule has 0 radical (unpaired) electrons. The summed E-state index contributed by atoms with van der Waals surface area (Å²) in [6, 6.07) is 2.23. The van der Waals surface area contributed by atoms with E-state index in [1.165, 1.54) is 32.1 Å². The number of rotatable bonds is 5. The van der Waals surface area contributed by atoms with Crippen LogP contribution in [0.1, 0.15) is 65.2 Å². The van der Waals surface area contributed by atoms with Gasteiger partial charge in [0.25, 0.3) is 0 Å². The fourth-order valence-electron chi connectivity index (χ4n) is 3.80. The van der Waals surface area contributed by atoms with E-state index >= 15 is 0 Å². The van der Waals surface area contributed by atoms with Crippen LogP contribution >= 0.6 is 0 Å². The largest absolute Gasteiger partial charge is 0.354 e. The number of nitriles is 1. The molecule has 2 saturated carbocycles. The van der Waals surface area contributed by atoms with Crippen LogP contribution in [0.2, 0.25) is 0 Å². The molecular formula is C16H26N2O. The monoisotopic (exact) mass is 262 g/mol. The third-order valence-electron chi connectivity index (χ3n) is 4.99. The first-order valence-corrected chi connectivity index (χ1v) is 7.72. The van der Waals surface area contributed by atoms with E-state index in [2.05, 4.69) is 25.2 Å². The molecule has 0 aromatic carbocycles. The highest BCUT2D eigenvalue weighted by atomic mass is 16.2. The summed E-state index contributed by atoms with van der Waals surface area (Å²) >= 11 is 0. The average molecular weight is 262 g/mol.